The summed E-state index contributed by atoms with van der Waals surface area (Å²) < 4.78 is 28.7. The number of hydrogen-bond donors (Lipinski definition) is 1. The molecule has 39 heavy (non-hydrogen) atoms. The molecular weight excluding hydrogens is 557 g/mol. The van der Waals surface area contributed by atoms with Gasteiger partial charge in [-0.15, -0.1) is 0 Å². The predicted molar refractivity (Wildman–Crippen MR) is 157 cm³/mol. The molecular formula is C29H33Cl2N3O4S. The number of halogens is 2. The zero-order valence-electron chi connectivity index (χ0n) is 22.2. The molecule has 208 valence electrons. The highest BCUT2D eigenvalue weighted by Gasteiger charge is 2.33. The standard InChI is InChI=1S/C29H33Cl2N3O4S/c1-4-5-18-32-29(36)22(3)33(19-23-10-6-7-11-25(23)30)28(35)20-34(27-13-9-8-12-26(27)31)39(37,38)24-16-14-21(2)15-17-24/h6-17,22H,4-5,18-20H2,1-3H3,(H,32,36). The van der Waals surface area contributed by atoms with E-state index >= 15 is 0 Å². The molecule has 0 aromatic heterocycles. The van der Waals surface area contributed by atoms with Gasteiger partial charge in [0.15, 0.2) is 0 Å². The molecule has 0 aliphatic carbocycles. The Hall–Kier alpha value is -3.07. The minimum Gasteiger partial charge on any atom is -0.354 e. The van der Waals surface area contributed by atoms with Crippen LogP contribution in [0.4, 0.5) is 5.69 Å². The van der Waals surface area contributed by atoms with E-state index < -0.39 is 28.5 Å². The molecule has 1 atom stereocenters. The normalized spacial score (nSPS) is 12.0. The van der Waals surface area contributed by atoms with Gasteiger partial charge in [-0.2, -0.15) is 0 Å². The molecule has 0 fully saturated rings. The lowest BCUT2D eigenvalue weighted by Crippen LogP contribution is -2.51. The number of carbonyl (C=O) groups is 2. The topological polar surface area (TPSA) is 86.8 Å². The maximum absolute atomic E-state index is 13.9. The van der Waals surface area contributed by atoms with Gasteiger partial charge in [0.2, 0.25) is 11.8 Å². The summed E-state index contributed by atoms with van der Waals surface area (Å²) in [5.74, 6) is -0.918. The second-order valence-corrected chi connectivity index (χ2v) is 11.9. The second-order valence-electron chi connectivity index (χ2n) is 9.21. The third kappa shape index (κ3) is 7.75. The number of aryl methyl sites for hydroxylation is 1. The molecule has 7 nitrogen and oxygen atoms in total. The van der Waals surface area contributed by atoms with Gasteiger partial charge in [0, 0.05) is 18.1 Å². The first-order valence-electron chi connectivity index (χ1n) is 12.7. The minimum atomic E-state index is -4.19. The molecule has 3 rings (SSSR count). The summed E-state index contributed by atoms with van der Waals surface area (Å²) in [4.78, 5) is 28.3. The van der Waals surface area contributed by atoms with Crippen LogP contribution in [-0.4, -0.2) is 44.3 Å². The number of amides is 2. The van der Waals surface area contributed by atoms with E-state index in [-0.39, 0.29) is 28.1 Å². The van der Waals surface area contributed by atoms with Crippen molar-refractivity contribution in [2.24, 2.45) is 0 Å². The molecule has 0 aliphatic heterocycles. The lowest BCUT2D eigenvalue weighted by atomic mass is 10.1. The molecule has 10 heteroatoms. The SMILES string of the molecule is CCCCNC(=O)C(C)N(Cc1ccccc1Cl)C(=O)CN(c1ccccc1Cl)S(=O)(=O)c1ccc(C)cc1. The van der Waals surface area contributed by atoms with Crippen LogP contribution < -0.4 is 9.62 Å². The van der Waals surface area contributed by atoms with E-state index in [9.17, 15) is 18.0 Å². The van der Waals surface area contributed by atoms with E-state index in [2.05, 4.69) is 5.32 Å². The summed E-state index contributed by atoms with van der Waals surface area (Å²) in [5.41, 5.74) is 1.68. The van der Waals surface area contributed by atoms with Gasteiger partial charge in [-0.1, -0.05) is 84.6 Å². The summed E-state index contributed by atoms with van der Waals surface area (Å²) in [5, 5.41) is 3.46. The van der Waals surface area contributed by atoms with Crippen molar-refractivity contribution >= 4 is 50.7 Å². The Morgan fingerprint density at radius 1 is 0.923 bits per heavy atom. The van der Waals surface area contributed by atoms with Crippen molar-refractivity contribution in [2.45, 2.75) is 51.1 Å². The predicted octanol–water partition coefficient (Wildman–Crippen LogP) is 5.83. The van der Waals surface area contributed by atoms with Crippen molar-refractivity contribution in [3.8, 4) is 0 Å². The molecule has 0 saturated carbocycles. The van der Waals surface area contributed by atoms with Crippen LogP contribution >= 0.6 is 23.2 Å². The van der Waals surface area contributed by atoms with Crippen molar-refractivity contribution in [3.63, 3.8) is 0 Å². The van der Waals surface area contributed by atoms with Crippen molar-refractivity contribution in [1.82, 2.24) is 10.2 Å². The highest BCUT2D eigenvalue weighted by molar-refractivity contribution is 7.92. The Balaban J connectivity index is 2.02. The zero-order chi connectivity index (χ0) is 28.6. The van der Waals surface area contributed by atoms with Gasteiger partial charge in [0.05, 0.1) is 15.6 Å². The lowest BCUT2D eigenvalue weighted by Gasteiger charge is -2.32. The number of para-hydroxylation sites is 1. The number of carbonyl (C=O) groups excluding carboxylic acids is 2. The fourth-order valence-corrected chi connectivity index (χ4v) is 5.85. The van der Waals surface area contributed by atoms with Gasteiger partial charge in [-0.3, -0.25) is 13.9 Å². The van der Waals surface area contributed by atoms with Gasteiger partial charge in [0.1, 0.15) is 12.6 Å². The van der Waals surface area contributed by atoms with E-state index in [0.717, 1.165) is 22.7 Å². The minimum absolute atomic E-state index is 0.0157. The monoisotopic (exact) mass is 589 g/mol. The Labute approximate surface area is 240 Å². The highest BCUT2D eigenvalue weighted by Crippen LogP contribution is 2.31. The largest absolute Gasteiger partial charge is 0.354 e. The Morgan fingerprint density at radius 3 is 2.15 bits per heavy atom. The van der Waals surface area contributed by atoms with Gasteiger partial charge in [0.25, 0.3) is 10.0 Å². The molecule has 0 aliphatic rings. The molecule has 2 amide bonds. The lowest BCUT2D eigenvalue weighted by molar-refractivity contribution is -0.139. The Kier molecular flexibility index (Phi) is 10.8. The van der Waals surface area contributed by atoms with Crippen LogP contribution in [0.25, 0.3) is 0 Å². The zero-order valence-corrected chi connectivity index (χ0v) is 24.6. The van der Waals surface area contributed by atoms with Crippen LogP contribution in [-0.2, 0) is 26.2 Å². The van der Waals surface area contributed by atoms with Crippen molar-refractivity contribution < 1.29 is 18.0 Å². The van der Waals surface area contributed by atoms with Crippen LogP contribution in [0, 0.1) is 6.92 Å². The molecule has 1 unspecified atom stereocenters. The summed E-state index contributed by atoms with van der Waals surface area (Å²) in [6, 6.07) is 18.9. The third-order valence-electron chi connectivity index (χ3n) is 6.30. The van der Waals surface area contributed by atoms with Crippen molar-refractivity contribution in [1.29, 1.82) is 0 Å². The summed E-state index contributed by atoms with van der Waals surface area (Å²) in [6.07, 6.45) is 1.70. The first kappa shape index (κ1) is 30.5. The summed E-state index contributed by atoms with van der Waals surface area (Å²) >= 11 is 12.8. The Bertz CT molecular complexity index is 1400. The Morgan fingerprint density at radius 2 is 1.54 bits per heavy atom. The molecule has 0 heterocycles. The number of benzene rings is 3. The molecule has 1 N–H and O–H groups in total. The molecule has 3 aromatic carbocycles. The number of nitrogens with zero attached hydrogens (tertiary/aromatic N) is 2. The maximum Gasteiger partial charge on any atom is 0.264 e. The van der Waals surface area contributed by atoms with Gasteiger partial charge in [-0.25, -0.2) is 8.42 Å². The number of anilines is 1. The van der Waals surface area contributed by atoms with Crippen LogP contribution in [0.15, 0.2) is 77.7 Å². The molecule has 0 spiro atoms. The highest BCUT2D eigenvalue weighted by atomic mass is 35.5. The molecule has 3 aromatic rings. The average molecular weight is 591 g/mol. The van der Waals surface area contributed by atoms with Crippen molar-refractivity contribution in [3.05, 3.63) is 94.0 Å². The smallest absolute Gasteiger partial charge is 0.264 e. The van der Waals surface area contributed by atoms with Crippen LogP contribution in [0.5, 0.6) is 0 Å². The molecule has 0 radical (unpaired) electrons. The number of unbranched alkanes of at least 4 members (excludes halogenated alkanes) is 1. The van der Waals surface area contributed by atoms with Crippen molar-refractivity contribution in [2.75, 3.05) is 17.4 Å². The number of nitrogens with one attached hydrogen (secondary N) is 1. The quantitative estimate of drug-likeness (QED) is 0.269. The van der Waals surface area contributed by atoms with E-state index in [4.69, 9.17) is 23.2 Å². The van der Waals surface area contributed by atoms with E-state index in [1.54, 1.807) is 67.6 Å². The second kappa shape index (κ2) is 13.8. The van der Waals surface area contributed by atoms with Crippen LogP contribution in [0.1, 0.15) is 37.8 Å². The first-order valence-corrected chi connectivity index (χ1v) is 14.9. The fraction of sp³-hybridized carbons (Fsp3) is 0.310. The first-order chi connectivity index (χ1) is 18.6. The third-order valence-corrected chi connectivity index (χ3v) is 8.77. The number of sulfonamides is 1. The number of hydrogen-bond acceptors (Lipinski definition) is 4. The van der Waals surface area contributed by atoms with E-state index in [0.29, 0.717) is 17.1 Å². The summed E-state index contributed by atoms with van der Waals surface area (Å²) in [6.45, 7) is 5.40. The summed E-state index contributed by atoms with van der Waals surface area (Å²) in [7, 11) is -4.19. The van der Waals surface area contributed by atoms with Crippen LogP contribution in [0.2, 0.25) is 10.0 Å². The average Bonchev–Trinajstić information content (AvgIpc) is 2.91. The fourth-order valence-electron chi connectivity index (χ4n) is 3.93. The number of rotatable bonds is 12. The molecule has 0 bridgehead atoms. The van der Waals surface area contributed by atoms with E-state index in [1.807, 2.05) is 13.8 Å². The maximum atomic E-state index is 13.9. The van der Waals surface area contributed by atoms with Gasteiger partial charge in [-0.05, 0) is 56.2 Å². The molecule has 0 saturated heterocycles. The van der Waals surface area contributed by atoms with Crippen LogP contribution in [0.3, 0.4) is 0 Å². The van der Waals surface area contributed by atoms with Gasteiger partial charge < -0.3 is 10.2 Å². The van der Waals surface area contributed by atoms with E-state index in [1.165, 1.54) is 17.0 Å². The van der Waals surface area contributed by atoms with Gasteiger partial charge >= 0.3 is 0 Å².